The zero-order chi connectivity index (χ0) is 27.2. The van der Waals surface area contributed by atoms with Crippen molar-refractivity contribution in [1.82, 2.24) is 20.7 Å². The number of likely N-dealkylation sites (N-methyl/N-ethyl adjacent to an activating group) is 2. The van der Waals surface area contributed by atoms with E-state index in [-0.39, 0.29) is 30.8 Å². The van der Waals surface area contributed by atoms with Crippen LogP contribution >= 0.6 is 0 Å². The van der Waals surface area contributed by atoms with Crippen LogP contribution in [-0.2, 0) is 20.8 Å². The van der Waals surface area contributed by atoms with Crippen molar-refractivity contribution in [2.45, 2.75) is 40.0 Å². The van der Waals surface area contributed by atoms with Gasteiger partial charge in [0.25, 0.3) is 5.91 Å². The number of aryl methyl sites for hydroxylation is 2. The van der Waals surface area contributed by atoms with Crippen molar-refractivity contribution < 1.29 is 14.4 Å². The Hall–Kier alpha value is -3.59. The largest absolute Gasteiger partial charge is 0.353 e. The lowest BCUT2D eigenvalue weighted by molar-refractivity contribution is -0.139. The van der Waals surface area contributed by atoms with Gasteiger partial charge in [0, 0.05) is 50.7 Å². The molecule has 2 aliphatic heterocycles. The zero-order valence-electron chi connectivity index (χ0n) is 23.0. The van der Waals surface area contributed by atoms with Crippen LogP contribution in [0, 0.1) is 6.92 Å². The molecule has 38 heavy (non-hydrogen) atoms. The highest BCUT2D eigenvalue weighted by molar-refractivity contribution is 5.97. The lowest BCUT2D eigenvalue weighted by Gasteiger charge is -2.34. The van der Waals surface area contributed by atoms with E-state index in [2.05, 4.69) is 34.9 Å². The van der Waals surface area contributed by atoms with Gasteiger partial charge in [-0.3, -0.25) is 24.4 Å². The van der Waals surface area contributed by atoms with Crippen molar-refractivity contribution in [3.63, 3.8) is 0 Å². The summed E-state index contributed by atoms with van der Waals surface area (Å²) in [5.74, 6) is -0.102. The van der Waals surface area contributed by atoms with Crippen molar-refractivity contribution in [1.29, 1.82) is 0 Å². The normalized spacial score (nSPS) is 16.1. The van der Waals surface area contributed by atoms with Gasteiger partial charge in [-0.25, -0.2) is 0 Å². The second-order valence-corrected chi connectivity index (χ2v) is 9.96. The van der Waals surface area contributed by atoms with Crippen LogP contribution in [0.25, 0.3) is 0 Å². The molecule has 0 spiro atoms. The standard InChI is InChI=1S/C29H40N6O3/c1-5-30-13-14-31-27(36)19-33(20-29(38)32(4)34-17-23-9-7-8-10-24(23)18-34)25-16-22-11-12-28(37)35(6-2)26(22)15-21(25)3/h7-9,15-16,18,30H,5-6,10-14,17,19-20H2,1-4H3,(H,31,36). The number of carbonyl (C=O) groups excluding carboxylic acids is 3. The Morgan fingerprint density at radius 2 is 1.89 bits per heavy atom. The molecule has 0 atom stereocenters. The van der Waals surface area contributed by atoms with Gasteiger partial charge >= 0.3 is 0 Å². The van der Waals surface area contributed by atoms with Gasteiger partial charge in [-0.1, -0.05) is 25.2 Å². The lowest BCUT2D eigenvalue weighted by atomic mass is 9.97. The van der Waals surface area contributed by atoms with Crippen LogP contribution < -0.4 is 20.4 Å². The molecule has 0 aromatic heterocycles. The Kier molecular flexibility index (Phi) is 8.89. The summed E-state index contributed by atoms with van der Waals surface area (Å²) < 4.78 is 0. The third-order valence-electron chi connectivity index (χ3n) is 7.36. The number of nitrogens with one attached hydrogen (secondary N) is 2. The molecular weight excluding hydrogens is 480 g/mol. The zero-order valence-corrected chi connectivity index (χ0v) is 23.0. The molecule has 3 amide bonds. The summed E-state index contributed by atoms with van der Waals surface area (Å²) in [6, 6.07) is 4.08. The summed E-state index contributed by atoms with van der Waals surface area (Å²) in [5.41, 5.74) is 6.22. The summed E-state index contributed by atoms with van der Waals surface area (Å²) >= 11 is 0. The molecule has 4 rings (SSSR count). The quantitative estimate of drug-likeness (QED) is 0.436. The van der Waals surface area contributed by atoms with Crippen LogP contribution in [0.5, 0.6) is 0 Å². The molecule has 0 saturated heterocycles. The van der Waals surface area contributed by atoms with E-state index in [0.29, 0.717) is 39.0 Å². The number of benzene rings is 1. The van der Waals surface area contributed by atoms with Gasteiger partial charge < -0.3 is 20.4 Å². The van der Waals surface area contributed by atoms with Gasteiger partial charge in [0.1, 0.15) is 0 Å². The number of rotatable bonds is 11. The second kappa shape index (κ2) is 12.3. The van der Waals surface area contributed by atoms with Gasteiger partial charge in [-0.2, -0.15) is 0 Å². The van der Waals surface area contributed by atoms with Crippen LogP contribution in [0.1, 0.15) is 37.8 Å². The monoisotopic (exact) mass is 520 g/mol. The van der Waals surface area contributed by atoms with Crippen molar-refractivity contribution in [2.24, 2.45) is 0 Å². The summed E-state index contributed by atoms with van der Waals surface area (Å²) in [7, 11) is 1.78. The Morgan fingerprint density at radius 1 is 1.08 bits per heavy atom. The highest BCUT2D eigenvalue weighted by atomic mass is 16.2. The van der Waals surface area contributed by atoms with Crippen molar-refractivity contribution in [3.05, 3.63) is 58.8 Å². The van der Waals surface area contributed by atoms with E-state index >= 15 is 0 Å². The van der Waals surface area contributed by atoms with Gasteiger partial charge in [0.05, 0.1) is 19.6 Å². The number of anilines is 2. The van der Waals surface area contributed by atoms with Crippen LogP contribution in [0.2, 0.25) is 0 Å². The minimum atomic E-state index is -0.133. The number of hydrogen-bond acceptors (Lipinski definition) is 6. The highest BCUT2D eigenvalue weighted by Gasteiger charge is 2.28. The number of carbonyl (C=O) groups is 3. The molecule has 1 aromatic carbocycles. The number of fused-ring (bicyclic) bond motifs is 2. The minimum absolute atomic E-state index is 0.0597. The van der Waals surface area contributed by atoms with E-state index in [9.17, 15) is 14.4 Å². The molecule has 9 nitrogen and oxygen atoms in total. The van der Waals surface area contributed by atoms with E-state index in [0.717, 1.165) is 35.5 Å². The first-order chi connectivity index (χ1) is 18.3. The van der Waals surface area contributed by atoms with E-state index in [1.165, 1.54) is 11.1 Å². The van der Waals surface area contributed by atoms with Crippen LogP contribution in [0.4, 0.5) is 11.4 Å². The number of amides is 3. The third-order valence-corrected chi connectivity index (χ3v) is 7.36. The summed E-state index contributed by atoms with van der Waals surface area (Å²) in [6.07, 6.45) is 10.3. The van der Waals surface area contributed by atoms with Gasteiger partial charge in [0.2, 0.25) is 11.8 Å². The fraction of sp³-hybridized carbons (Fsp3) is 0.483. The first-order valence-corrected chi connectivity index (χ1v) is 13.6. The first-order valence-electron chi connectivity index (χ1n) is 13.6. The molecule has 2 N–H and O–H groups in total. The van der Waals surface area contributed by atoms with Gasteiger partial charge in [0.15, 0.2) is 0 Å². The molecule has 0 unspecified atom stereocenters. The van der Waals surface area contributed by atoms with E-state index in [4.69, 9.17) is 0 Å². The van der Waals surface area contributed by atoms with Crippen LogP contribution in [-0.4, -0.2) is 80.6 Å². The lowest BCUT2D eigenvalue weighted by Crippen LogP contribution is -2.48. The molecule has 0 radical (unpaired) electrons. The highest BCUT2D eigenvalue weighted by Crippen LogP contribution is 2.34. The van der Waals surface area contributed by atoms with Crippen molar-refractivity contribution >= 4 is 29.1 Å². The number of hydrogen-bond donors (Lipinski definition) is 2. The fourth-order valence-corrected chi connectivity index (χ4v) is 5.21. The average Bonchev–Trinajstić information content (AvgIpc) is 3.34. The van der Waals surface area contributed by atoms with Crippen molar-refractivity contribution in [3.8, 4) is 0 Å². The SMILES string of the molecule is CCNCCNC(=O)CN(CC(=O)N(C)N1C=C2CC=CC=C2C1)c1cc2c(cc1C)N(CC)C(=O)CC2. The molecule has 1 aromatic rings. The number of hydrazine groups is 1. The summed E-state index contributed by atoms with van der Waals surface area (Å²) in [5, 5.41) is 9.75. The molecule has 1 aliphatic carbocycles. The molecule has 0 saturated carbocycles. The Balaban J connectivity index is 1.55. The van der Waals surface area contributed by atoms with Crippen LogP contribution in [0.15, 0.2) is 47.7 Å². The smallest absolute Gasteiger partial charge is 0.260 e. The Bertz CT molecular complexity index is 1170. The van der Waals surface area contributed by atoms with E-state index in [1.54, 1.807) is 12.1 Å². The van der Waals surface area contributed by atoms with E-state index < -0.39 is 0 Å². The van der Waals surface area contributed by atoms with E-state index in [1.807, 2.05) is 47.8 Å². The number of allylic oxidation sites excluding steroid dienone is 3. The summed E-state index contributed by atoms with van der Waals surface area (Å²) in [6.45, 7) is 9.43. The first kappa shape index (κ1) is 27.4. The molecule has 0 bridgehead atoms. The molecule has 2 heterocycles. The molecule has 0 fully saturated rings. The second-order valence-electron chi connectivity index (χ2n) is 9.96. The van der Waals surface area contributed by atoms with Gasteiger partial charge in [-0.05, 0) is 67.6 Å². The maximum atomic E-state index is 13.5. The Labute approximate surface area is 225 Å². The third kappa shape index (κ3) is 6.10. The maximum absolute atomic E-state index is 13.5. The number of nitrogens with zero attached hydrogens (tertiary/aromatic N) is 4. The minimum Gasteiger partial charge on any atom is -0.353 e. The fourth-order valence-electron chi connectivity index (χ4n) is 5.21. The van der Waals surface area contributed by atoms with Crippen LogP contribution in [0.3, 0.4) is 0 Å². The summed E-state index contributed by atoms with van der Waals surface area (Å²) in [4.78, 5) is 42.6. The molecule has 9 heteroatoms. The predicted molar refractivity (Wildman–Crippen MR) is 151 cm³/mol. The topological polar surface area (TPSA) is 88.2 Å². The average molecular weight is 521 g/mol. The molecule has 3 aliphatic rings. The predicted octanol–water partition coefficient (Wildman–Crippen LogP) is 2.29. The van der Waals surface area contributed by atoms with Gasteiger partial charge in [-0.15, -0.1) is 0 Å². The Morgan fingerprint density at radius 3 is 2.63 bits per heavy atom. The molecular formula is C29H40N6O3. The van der Waals surface area contributed by atoms with Crippen molar-refractivity contribution in [2.75, 3.05) is 62.7 Å². The maximum Gasteiger partial charge on any atom is 0.260 e. The molecule has 204 valence electrons.